The molecule has 2 N–H and O–H groups in total. The molecule has 0 atom stereocenters. The molecule has 0 saturated carbocycles. The highest BCUT2D eigenvalue weighted by Crippen LogP contribution is 2.17. The van der Waals surface area contributed by atoms with Crippen LogP contribution in [0.1, 0.15) is 11.1 Å². The second kappa shape index (κ2) is 3.28. The van der Waals surface area contributed by atoms with Gasteiger partial charge >= 0.3 is 0 Å². The predicted molar refractivity (Wildman–Crippen MR) is 62.6 cm³/mol. The zero-order chi connectivity index (χ0) is 12.0. The molecular weight excluding hydrogens is 220 g/mol. The van der Waals surface area contributed by atoms with Gasteiger partial charge in [0.2, 0.25) is 10.9 Å². The van der Waals surface area contributed by atoms with Crippen molar-refractivity contribution in [3.8, 4) is 0 Å². The number of nitrogen functional groups attached to an aromatic ring is 1. The van der Waals surface area contributed by atoms with Crippen LogP contribution < -0.4 is 16.6 Å². The minimum atomic E-state index is -0.581. The molecule has 1 heterocycles. The van der Waals surface area contributed by atoms with E-state index in [0.29, 0.717) is 17.6 Å². The Hall–Kier alpha value is -2.43. The standard InChI is InChI=1S/C12H8N2O3/c13-10-7(11(15)12(10)16)3-6-1-2-9-8(4-6)14-5-17-9/h1-2,4-5H,3,13H2. The molecule has 84 valence electrons. The molecule has 5 heteroatoms. The van der Waals surface area contributed by atoms with Gasteiger partial charge in [0.15, 0.2) is 12.0 Å². The van der Waals surface area contributed by atoms with Crippen molar-refractivity contribution in [2.45, 2.75) is 6.42 Å². The van der Waals surface area contributed by atoms with Crippen LogP contribution in [0.15, 0.2) is 38.6 Å². The summed E-state index contributed by atoms with van der Waals surface area (Å²) in [5.41, 5.74) is 7.16. The Morgan fingerprint density at radius 1 is 1.24 bits per heavy atom. The number of nitrogens with two attached hydrogens (primary N) is 1. The van der Waals surface area contributed by atoms with E-state index in [2.05, 4.69) is 4.98 Å². The maximum Gasteiger partial charge on any atom is 0.249 e. The van der Waals surface area contributed by atoms with E-state index in [1.54, 1.807) is 6.07 Å². The molecular formula is C12H8N2O3. The minimum absolute atomic E-state index is 0.0789. The third kappa shape index (κ3) is 1.36. The fraction of sp³-hybridized carbons (Fsp3) is 0.0833. The first-order chi connectivity index (χ1) is 8.16. The van der Waals surface area contributed by atoms with Gasteiger partial charge in [-0.1, -0.05) is 6.07 Å². The van der Waals surface area contributed by atoms with Gasteiger partial charge in [-0.15, -0.1) is 0 Å². The van der Waals surface area contributed by atoms with E-state index in [1.165, 1.54) is 6.39 Å². The lowest BCUT2D eigenvalue weighted by Gasteiger charge is -2.06. The zero-order valence-corrected chi connectivity index (χ0v) is 8.77. The molecule has 5 nitrogen and oxygen atoms in total. The summed E-state index contributed by atoms with van der Waals surface area (Å²) in [4.78, 5) is 26.3. The minimum Gasteiger partial charge on any atom is -0.443 e. The lowest BCUT2D eigenvalue weighted by Crippen LogP contribution is -2.38. The van der Waals surface area contributed by atoms with E-state index in [1.807, 2.05) is 12.1 Å². The van der Waals surface area contributed by atoms with Gasteiger partial charge in [0.1, 0.15) is 5.52 Å². The van der Waals surface area contributed by atoms with Crippen molar-refractivity contribution in [2.24, 2.45) is 0 Å². The summed E-state index contributed by atoms with van der Waals surface area (Å²) in [5.74, 6) is 0. The van der Waals surface area contributed by atoms with E-state index >= 15 is 0 Å². The largest absolute Gasteiger partial charge is 0.443 e. The van der Waals surface area contributed by atoms with Crippen LogP contribution >= 0.6 is 0 Å². The number of anilines is 1. The van der Waals surface area contributed by atoms with E-state index < -0.39 is 10.9 Å². The maximum absolute atomic E-state index is 11.3. The first kappa shape index (κ1) is 9.77. The van der Waals surface area contributed by atoms with Crippen LogP contribution in [0, 0.1) is 0 Å². The monoisotopic (exact) mass is 228 g/mol. The zero-order valence-electron chi connectivity index (χ0n) is 8.77. The van der Waals surface area contributed by atoms with Gasteiger partial charge in [-0.2, -0.15) is 0 Å². The fourth-order valence-electron chi connectivity index (χ4n) is 1.85. The summed E-state index contributed by atoms with van der Waals surface area (Å²) in [6.45, 7) is 0. The molecule has 0 amide bonds. The Morgan fingerprint density at radius 2 is 2.06 bits per heavy atom. The normalized spacial score (nSPS) is 11.3. The Morgan fingerprint density at radius 3 is 2.82 bits per heavy atom. The van der Waals surface area contributed by atoms with Crippen molar-refractivity contribution in [1.29, 1.82) is 0 Å². The Labute approximate surface area is 95.2 Å². The molecule has 0 unspecified atom stereocenters. The van der Waals surface area contributed by atoms with Gasteiger partial charge in [-0.05, 0) is 17.7 Å². The van der Waals surface area contributed by atoms with Crippen molar-refractivity contribution in [2.75, 3.05) is 5.73 Å². The molecule has 0 aliphatic rings. The molecule has 0 radical (unpaired) electrons. The molecule has 0 bridgehead atoms. The maximum atomic E-state index is 11.3. The predicted octanol–water partition coefficient (Wildman–Crippen LogP) is 0.597. The van der Waals surface area contributed by atoms with Crippen LogP contribution in [-0.4, -0.2) is 4.98 Å². The van der Waals surface area contributed by atoms with Crippen LogP contribution in [-0.2, 0) is 6.42 Å². The topological polar surface area (TPSA) is 86.2 Å². The molecule has 1 aromatic heterocycles. The first-order valence-electron chi connectivity index (χ1n) is 5.06. The van der Waals surface area contributed by atoms with Gasteiger partial charge in [-0.25, -0.2) is 4.98 Å². The van der Waals surface area contributed by atoms with Crippen LogP contribution in [0.2, 0.25) is 0 Å². The highest BCUT2D eigenvalue weighted by Gasteiger charge is 2.17. The van der Waals surface area contributed by atoms with Crippen LogP contribution in [0.25, 0.3) is 11.1 Å². The van der Waals surface area contributed by atoms with E-state index in [9.17, 15) is 9.59 Å². The van der Waals surface area contributed by atoms with Gasteiger partial charge in [-0.3, -0.25) is 9.59 Å². The SMILES string of the molecule is Nc1c(Cc2ccc3ocnc3c2)c(=O)c1=O. The van der Waals surface area contributed by atoms with Gasteiger partial charge in [0.25, 0.3) is 0 Å². The van der Waals surface area contributed by atoms with E-state index in [-0.39, 0.29) is 5.69 Å². The van der Waals surface area contributed by atoms with Crippen molar-refractivity contribution >= 4 is 16.8 Å². The third-order valence-corrected chi connectivity index (χ3v) is 2.83. The summed E-state index contributed by atoms with van der Waals surface area (Å²) in [6, 6.07) is 5.42. The van der Waals surface area contributed by atoms with Gasteiger partial charge < -0.3 is 10.2 Å². The van der Waals surface area contributed by atoms with Crippen molar-refractivity contribution < 1.29 is 4.42 Å². The number of oxazole rings is 1. The molecule has 17 heavy (non-hydrogen) atoms. The quantitative estimate of drug-likeness (QED) is 0.649. The van der Waals surface area contributed by atoms with Crippen molar-refractivity contribution in [3.63, 3.8) is 0 Å². The number of rotatable bonds is 2. The molecule has 0 fully saturated rings. The first-order valence-corrected chi connectivity index (χ1v) is 5.06. The molecule has 0 aliphatic carbocycles. The molecule has 2 aromatic carbocycles. The molecule has 0 saturated heterocycles. The number of hydrogen-bond donors (Lipinski definition) is 1. The number of aromatic nitrogens is 1. The summed E-state index contributed by atoms with van der Waals surface area (Å²) < 4.78 is 5.11. The second-order valence-corrected chi connectivity index (χ2v) is 3.88. The lowest BCUT2D eigenvalue weighted by molar-refractivity contribution is 0.602. The van der Waals surface area contributed by atoms with Crippen molar-refractivity contribution in [1.82, 2.24) is 4.98 Å². The highest BCUT2D eigenvalue weighted by atomic mass is 16.3. The van der Waals surface area contributed by atoms with E-state index in [4.69, 9.17) is 10.2 Å². The van der Waals surface area contributed by atoms with Crippen LogP contribution in [0.3, 0.4) is 0 Å². The number of hydrogen-bond acceptors (Lipinski definition) is 5. The average molecular weight is 228 g/mol. The average Bonchev–Trinajstić information content (AvgIpc) is 2.81. The summed E-state index contributed by atoms with van der Waals surface area (Å²) in [5, 5.41) is 0. The van der Waals surface area contributed by atoms with Crippen LogP contribution in [0.4, 0.5) is 5.69 Å². The molecule has 0 spiro atoms. The lowest BCUT2D eigenvalue weighted by atomic mass is 9.99. The summed E-state index contributed by atoms with van der Waals surface area (Å²) in [6.07, 6.45) is 1.72. The Kier molecular flexibility index (Phi) is 1.89. The van der Waals surface area contributed by atoms with E-state index in [0.717, 1.165) is 11.1 Å². The molecule has 3 aromatic rings. The molecule has 0 aliphatic heterocycles. The Bertz CT molecular complexity index is 778. The molecule has 3 rings (SSSR count). The highest BCUT2D eigenvalue weighted by molar-refractivity contribution is 5.73. The van der Waals surface area contributed by atoms with Gasteiger partial charge in [0.05, 0.1) is 5.69 Å². The summed E-state index contributed by atoms with van der Waals surface area (Å²) in [7, 11) is 0. The number of fused-ring (bicyclic) bond motifs is 1. The Balaban J connectivity index is 2.00. The third-order valence-electron chi connectivity index (χ3n) is 2.83. The smallest absolute Gasteiger partial charge is 0.249 e. The fourth-order valence-corrected chi connectivity index (χ4v) is 1.85. The van der Waals surface area contributed by atoms with Gasteiger partial charge in [0, 0.05) is 12.0 Å². The number of benzene rings is 1. The number of nitrogens with zero attached hydrogens (tertiary/aromatic N) is 1. The second-order valence-electron chi connectivity index (χ2n) is 3.88. The summed E-state index contributed by atoms with van der Waals surface area (Å²) >= 11 is 0. The van der Waals surface area contributed by atoms with Crippen LogP contribution in [0.5, 0.6) is 0 Å². The van der Waals surface area contributed by atoms with Crippen molar-refractivity contribution in [3.05, 3.63) is 56.2 Å².